The molecule has 0 aliphatic heterocycles. The first-order valence-corrected chi connectivity index (χ1v) is 8.62. The number of unbranched alkanes of at least 4 members (excludes halogenated alkanes) is 1. The Morgan fingerprint density at radius 1 is 0.440 bits per heavy atom. The molecule has 0 unspecified atom stereocenters. The molecular formula is C25H29. The quantitative estimate of drug-likeness (QED) is 0.329. The van der Waals surface area contributed by atoms with E-state index < -0.39 is 0 Å². The summed E-state index contributed by atoms with van der Waals surface area (Å²) in [4.78, 5) is 0. The minimum atomic E-state index is 1.14. The van der Waals surface area contributed by atoms with Crippen molar-refractivity contribution in [3.05, 3.63) is 134 Å². The number of hydrogen-bond acceptors (Lipinski definition) is 0. The van der Waals surface area contributed by atoms with E-state index in [1.54, 1.807) is 6.08 Å². The Kier molecular flexibility index (Phi) is 18.7. The van der Waals surface area contributed by atoms with Gasteiger partial charge in [-0.2, -0.15) is 0 Å². The van der Waals surface area contributed by atoms with Crippen molar-refractivity contribution in [3.8, 4) is 0 Å². The Morgan fingerprint density at radius 3 is 1.00 bits per heavy atom. The first-order chi connectivity index (χ1) is 12.4. The molecule has 0 saturated carbocycles. The van der Waals surface area contributed by atoms with Crippen LogP contribution in [0.3, 0.4) is 0 Å². The topological polar surface area (TPSA) is 0 Å². The Bertz CT molecular complexity index is 594. The van der Waals surface area contributed by atoms with E-state index >= 15 is 0 Å². The summed E-state index contributed by atoms with van der Waals surface area (Å²) in [5.41, 5.74) is 0. The van der Waals surface area contributed by atoms with E-state index in [2.05, 4.69) is 19.1 Å². The zero-order chi connectivity index (χ0) is 18.3. The van der Waals surface area contributed by atoms with Crippen LogP contribution in [-0.2, 0) is 0 Å². The maximum absolute atomic E-state index is 5.21. The molecular weight excluding hydrogens is 300 g/mol. The molecule has 1 radical (unpaired) electrons. The summed E-state index contributed by atoms with van der Waals surface area (Å²) >= 11 is 0. The molecule has 25 heavy (non-hydrogen) atoms. The molecule has 129 valence electrons. The summed E-state index contributed by atoms with van der Waals surface area (Å²) < 4.78 is 0. The van der Waals surface area contributed by atoms with Gasteiger partial charge in [0.25, 0.3) is 0 Å². The van der Waals surface area contributed by atoms with Gasteiger partial charge in [0.05, 0.1) is 0 Å². The van der Waals surface area contributed by atoms with E-state index in [4.69, 9.17) is 6.58 Å². The molecule has 0 aliphatic carbocycles. The average molecular weight is 330 g/mol. The molecule has 0 aromatic carbocycles. The van der Waals surface area contributed by atoms with Crippen LogP contribution >= 0.6 is 0 Å². The zero-order valence-electron chi connectivity index (χ0n) is 15.1. The van der Waals surface area contributed by atoms with Gasteiger partial charge in [-0.1, -0.05) is 148 Å². The fourth-order valence-electron chi connectivity index (χ4n) is 1.50. The summed E-state index contributed by atoms with van der Waals surface area (Å²) in [6, 6.07) is 0. The lowest BCUT2D eigenvalue weighted by Crippen LogP contribution is -1.58. The molecule has 0 aromatic heterocycles. The predicted octanol–water partition coefficient (Wildman–Crippen LogP) is 7.34. The lowest BCUT2D eigenvalue weighted by atomic mass is 10.3. The van der Waals surface area contributed by atoms with Crippen molar-refractivity contribution in [2.45, 2.75) is 19.8 Å². The molecule has 0 heteroatoms. The van der Waals surface area contributed by atoms with Gasteiger partial charge in [0.2, 0.25) is 0 Å². The highest BCUT2D eigenvalue weighted by Gasteiger charge is 1.69. The van der Waals surface area contributed by atoms with Crippen molar-refractivity contribution < 1.29 is 0 Å². The van der Waals surface area contributed by atoms with Crippen LogP contribution in [0, 0.1) is 6.58 Å². The summed E-state index contributed by atoms with van der Waals surface area (Å²) in [7, 11) is 0. The van der Waals surface area contributed by atoms with Crippen LogP contribution in [-0.4, -0.2) is 0 Å². The van der Waals surface area contributed by atoms with Crippen LogP contribution in [0.4, 0.5) is 0 Å². The Balaban J connectivity index is 3.88. The molecule has 0 bridgehead atoms. The largest absolute Gasteiger partial charge is 0.0845 e. The molecule has 0 heterocycles. The lowest BCUT2D eigenvalue weighted by Gasteiger charge is -1.79. The van der Waals surface area contributed by atoms with Crippen LogP contribution < -0.4 is 0 Å². The highest BCUT2D eigenvalue weighted by molar-refractivity contribution is 5.22. The maximum Gasteiger partial charge on any atom is -0.0350 e. The van der Waals surface area contributed by atoms with Crippen LogP contribution in [0.2, 0.25) is 0 Å². The van der Waals surface area contributed by atoms with Crippen LogP contribution in [0.5, 0.6) is 0 Å². The Labute approximate surface area is 154 Å². The van der Waals surface area contributed by atoms with Gasteiger partial charge in [0, 0.05) is 0 Å². The van der Waals surface area contributed by atoms with Gasteiger partial charge >= 0.3 is 0 Å². The molecule has 0 rings (SSSR count). The smallest absolute Gasteiger partial charge is 0.0350 e. The summed E-state index contributed by atoms with van der Waals surface area (Å²) in [5.74, 6) is 0. The third-order valence-electron chi connectivity index (χ3n) is 2.70. The minimum Gasteiger partial charge on any atom is -0.0845 e. The molecule has 0 atom stereocenters. The zero-order valence-corrected chi connectivity index (χ0v) is 15.1. The summed E-state index contributed by atoms with van der Waals surface area (Å²) in [6.07, 6.45) is 43.6. The normalized spacial score (nSPS) is 14.3. The van der Waals surface area contributed by atoms with Gasteiger partial charge < -0.3 is 0 Å². The van der Waals surface area contributed by atoms with Crippen molar-refractivity contribution in [1.82, 2.24) is 0 Å². The van der Waals surface area contributed by atoms with Crippen LogP contribution in [0.15, 0.2) is 128 Å². The number of allylic oxidation sites excluding steroid dienone is 21. The van der Waals surface area contributed by atoms with E-state index in [-0.39, 0.29) is 0 Å². The third-order valence-corrected chi connectivity index (χ3v) is 2.70. The second-order valence-corrected chi connectivity index (χ2v) is 4.87. The average Bonchev–Trinajstić information content (AvgIpc) is 2.63. The van der Waals surface area contributed by atoms with Crippen LogP contribution in [0.1, 0.15) is 19.8 Å². The fourth-order valence-corrected chi connectivity index (χ4v) is 1.50. The van der Waals surface area contributed by atoms with Crippen molar-refractivity contribution >= 4 is 0 Å². The second kappa shape index (κ2) is 21.1. The van der Waals surface area contributed by atoms with E-state index in [1.807, 2.05) is 103 Å². The first kappa shape index (κ1) is 22.1. The first-order valence-electron chi connectivity index (χ1n) is 8.62. The van der Waals surface area contributed by atoms with Gasteiger partial charge in [-0.3, -0.25) is 0 Å². The molecule has 0 saturated heterocycles. The molecule has 0 aromatic rings. The molecule has 0 spiro atoms. The van der Waals surface area contributed by atoms with Gasteiger partial charge in [-0.15, -0.1) is 0 Å². The molecule has 0 nitrogen and oxygen atoms in total. The third kappa shape index (κ3) is 21.1. The predicted molar refractivity (Wildman–Crippen MR) is 115 cm³/mol. The second-order valence-electron chi connectivity index (χ2n) is 4.87. The minimum absolute atomic E-state index is 1.14. The van der Waals surface area contributed by atoms with Gasteiger partial charge in [0.15, 0.2) is 0 Å². The van der Waals surface area contributed by atoms with Gasteiger partial charge in [0.1, 0.15) is 0 Å². The fraction of sp³-hybridized carbons (Fsp3) is 0.120. The van der Waals surface area contributed by atoms with Crippen molar-refractivity contribution in [1.29, 1.82) is 0 Å². The van der Waals surface area contributed by atoms with E-state index in [1.165, 1.54) is 12.5 Å². The number of rotatable bonds is 12. The van der Waals surface area contributed by atoms with Crippen molar-refractivity contribution in [2.24, 2.45) is 0 Å². The van der Waals surface area contributed by atoms with Crippen LogP contribution in [0.25, 0.3) is 0 Å². The highest BCUT2D eigenvalue weighted by Crippen LogP contribution is 1.90. The van der Waals surface area contributed by atoms with Crippen molar-refractivity contribution in [2.75, 3.05) is 0 Å². The lowest BCUT2D eigenvalue weighted by molar-refractivity contribution is 0.959. The summed E-state index contributed by atoms with van der Waals surface area (Å²) in [5, 5.41) is 0. The van der Waals surface area contributed by atoms with Gasteiger partial charge in [-0.25, -0.2) is 0 Å². The number of hydrogen-bond donors (Lipinski definition) is 0. The van der Waals surface area contributed by atoms with E-state index in [0.717, 1.165) is 6.42 Å². The Hall–Kier alpha value is -2.86. The molecule has 0 aliphatic rings. The molecule has 0 amide bonds. The standard InChI is InChI=1S/C25H29/c1-3-5-7-9-11-13-15-17-19-21-23-25-24-22-20-18-16-14-12-10-8-6-4-2/h1,3,5,7-25H,4,6H2,2H3/b3-1?,7-5+,10-8+,11-9+,14-12+,15-13+,18-16+,19-17+,22-20+,23-21+,25-24+. The SMILES string of the molecule is [CH]=C/C=C/C=C/C=C/C=C/C=C/C=C/C=C/C=C/C=C/C=C/CCC. The molecule has 0 N–H and O–H groups in total. The maximum atomic E-state index is 5.21. The van der Waals surface area contributed by atoms with E-state index in [9.17, 15) is 0 Å². The van der Waals surface area contributed by atoms with Crippen molar-refractivity contribution in [3.63, 3.8) is 0 Å². The highest BCUT2D eigenvalue weighted by atomic mass is 13.8. The van der Waals surface area contributed by atoms with E-state index in [0.29, 0.717) is 0 Å². The Morgan fingerprint density at radius 2 is 0.720 bits per heavy atom. The summed E-state index contributed by atoms with van der Waals surface area (Å²) in [6.45, 7) is 7.39. The monoisotopic (exact) mass is 329 g/mol. The molecule has 0 fully saturated rings. The van der Waals surface area contributed by atoms with Gasteiger partial charge in [-0.05, 0) is 6.42 Å².